The molecule has 0 aromatic heterocycles. The number of rotatable bonds is 9. The average molecular weight is 414 g/mol. The Morgan fingerprint density at radius 2 is 1.81 bits per heavy atom. The summed E-state index contributed by atoms with van der Waals surface area (Å²) >= 11 is 13.4. The molecule has 0 fully saturated rings. The highest BCUT2D eigenvalue weighted by Gasteiger charge is 2.09. The molecule has 1 N–H and O–H groups in total. The van der Waals surface area contributed by atoms with Crippen molar-refractivity contribution >= 4 is 40.9 Å². The quantitative estimate of drug-likeness (QED) is 0.639. The van der Waals surface area contributed by atoms with Gasteiger partial charge in [-0.15, -0.1) is 11.8 Å². The maximum absolute atomic E-state index is 12.0. The molecule has 0 aliphatic heterocycles. The van der Waals surface area contributed by atoms with Crippen molar-refractivity contribution in [1.29, 1.82) is 0 Å². The van der Waals surface area contributed by atoms with Crippen LogP contribution in [0.25, 0.3) is 0 Å². The first-order valence-electron chi connectivity index (χ1n) is 8.06. The third kappa shape index (κ3) is 6.98. The van der Waals surface area contributed by atoms with Gasteiger partial charge in [-0.1, -0.05) is 29.3 Å². The van der Waals surface area contributed by atoms with E-state index in [-0.39, 0.29) is 11.9 Å². The molecule has 1 atom stereocenters. The van der Waals surface area contributed by atoms with E-state index in [0.29, 0.717) is 28.2 Å². The molecule has 26 heavy (non-hydrogen) atoms. The summed E-state index contributed by atoms with van der Waals surface area (Å²) in [5.41, 5.74) is 1.04. The molecule has 0 spiro atoms. The molecule has 0 unspecified atom stereocenters. The predicted molar refractivity (Wildman–Crippen MR) is 109 cm³/mol. The van der Waals surface area contributed by atoms with Gasteiger partial charge in [0.2, 0.25) is 5.91 Å². The number of hydrogen-bond acceptors (Lipinski definition) is 4. The van der Waals surface area contributed by atoms with E-state index in [2.05, 4.69) is 5.32 Å². The minimum Gasteiger partial charge on any atom is -0.497 e. The largest absolute Gasteiger partial charge is 0.497 e. The van der Waals surface area contributed by atoms with E-state index in [1.165, 1.54) is 11.8 Å². The molecule has 0 radical (unpaired) electrons. The van der Waals surface area contributed by atoms with E-state index >= 15 is 0 Å². The number of thioether (sulfide) groups is 1. The van der Waals surface area contributed by atoms with Gasteiger partial charge in [-0.3, -0.25) is 4.79 Å². The van der Waals surface area contributed by atoms with Crippen LogP contribution < -0.4 is 14.8 Å². The van der Waals surface area contributed by atoms with E-state index in [0.717, 1.165) is 17.1 Å². The fourth-order valence-corrected chi connectivity index (χ4v) is 3.25. The zero-order valence-electron chi connectivity index (χ0n) is 14.6. The van der Waals surface area contributed by atoms with Crippen molar-refractivity contribution in [2.45, 2.75) is 18.7 Å². The van der Waals surface area contributed by atoms with E-state index in [1.54, 1.807) is 13.2 Å². The number of amides is 1. The van der Waals surface area contributed by atoms with Gasteiger partial charge in [0.05, 0.1) is 28.9 Å². The Balaban J connectivity index is 1.66. The maximum Gasteiger partial charge on any atom is 0.230 e. The first-order valence-corrected chi connectivity index (χ1v) is 9.97. The molecule has 2 aromatic carbocycles. The van der Waals surface area contributed by atoms with Gasteiger partial charge in [0.25, 0.3) is 0 Å². The van der Waals surface area contributed by atoms with Crippen molar-refractivity contribution in [2.24, 2.45) is 0 Å². The van der Waals surface area contributed by atoms with Gasteiger partial charge in [0, 0.05) is 5.75 Å². The lowest BCUT2D eigenvalue weighted by Crippen LogP contribution is -2.37. The second-order valence-corrected chi connectivity index (χ2v) is 7.50. The Kier molecular flexibility index (Phi) is 8.42. The minimum atomic E-state index is -0.0878. The van der Waals surface area contributed by atoms with Gasteiger partial charge >= 0.3 is 0 Å². The van der Waals surface area contributed by atoms with E-state index in [9.17, 15) is 4.79 Å². The molecule has 7 heteroatoms. The van der Waals surface area contributed by atoms with Crippen molar-refractivity contribution in [3.63, 3.8) is 0 Å². The SMILES string of the molecule is COc1ccc(OC[C@H](C)NC(=O)CSCc2ccc(Cl)c(Cl)c2)cc1. The van der Waals surface area contributed by atoms with Crippen LogP contribution in [0, 0.1) is 0 Å². The maximum atomic E-state index is 12.0. The Labute approximate surface area is 168 Å². The topological polar surface area (TPSA) is 47.6 Å². The number of nitrogens with one attached hydrogen (secondary N) is 1. The first kappa shape index (κ1) is 20.7. The fraction of sp³-hybridized carbons (Fsp3) is 0.316. The van der Waals surface area contributed by atoms with Crippen molar-refractivity contribution in [2.75, 3.05) is 19.5 Å². The van der Waals surface area contributed by atoms with Crippen molar-refractivity contribution in [3.05, 3.63) is 58.1 Å². The summed E-state index contributed by atoms with van der Waals surface area (Å²) in [5.74, 6) is 2.55. The van der Waals surface area contributed by atoms with Crippen LogP contribution in [0.15, 0.2) is 42.5 Å². The minimum absolute atomic E-state index is 0.0270. The predicted octanol–water partition coefficient (Wildman–Crippen LogP) is 4.82. The Morgan fingerprint density at radius 3 is 2.46 bits per heavy atom. The van der Waals surface area contributed by atoms with Gasteiger partial charge in [0.1, 0.15) is 18.1 Å². The summed E-state index contributed by atoms with van der Waals surface area (Å²) in [5, 5.41) is 3.98. The van der Waals surface area contributed by atoms with Crippen LogP contribution in [-0.2, 0) is 10.5 Å². The smallest absolute Gasteiger partial charge is 0.230 e. The summed E-state index contributed by atoms with van der Waals surface area (Å²) in [6.07, 6.45) is 0. The van der Waals surface area contributed by atoms with Crippen LogP contribution in [0.3, 0.4) is 0 Å². The monoisotopic (exact) mass is 413 g/mol. The third-order valence-corrected chi connectivity index (χ3v) is 5.20. The van der Waals surface area contributed by atoms with Gasteiger partial charge in [-0.05, 0) is 48.9 Å². The second kappa shape index (κ2) is 10.6. The van der Waals surface area contributed by atoms with Crippen molar-refractivity contribution < 1.29 is 14.3 Å². The first-order chi connectivity index (χ1) is 12.5. The normalized spacial score (nSPS) is 11.7. The number of methoxy groups -OCH3 is 1. The van der Waals surface area contributed by atoms with E-state index in [4.69, 9.17) is 32.7 Å². The Morgan fingerprint density at radius 1 is 1.12 bits per heavy atom. The molecule has 0 aliphatic carbocycles. The number of hydrogen-bond donors (Lipinski definition) is 1. The molecule has 0 saturated heterocycles. The van der Waals surface area contributed by atoms with Gasteiger partial charge < -0.3 is 14.8 Å². The van der Waals surface area contributed by atoms with Gasteiger partial charge in [-0.25, -0.2) is 0 Å². The summed E-state index contributed by atoms with van der Waals surface area (Å²) in [6.45, 7) is 2.31. The zero-order chi connectivity index (χ0) is 18.9. The van der Waals surface area contributed by atoms with Crippen LogP contribution in [0.2, 0.25) is 10.0 Å². The van der Waals surface area contributed by atoms with E-state index in [1.807, 2.05) is 43.3 Å². The van der Waals surface area contributed by atoms with E-state index < -0.39 is 0 Å². The number of benzene rings is 2. The molecule has 4 nitrogen and oxygen atoms in total. The lowest BCUT2D eigenvalue weighted by molar-refractivity contribution is -0.119. The highest BCUT2D eigenvalue weighted by molar-refractivity contribution is 7.99. The lowest BCUT2D eigenvalue weighted by atomic mass is 10.2. The van der Waals surface area contributed by atoms with Crippen LogP contribution >= 0.6 is 35.0 Å². The highest BCUT2D eigenvalue weighted by atomic mass is 35.5. The Bertz CT molecular complexity index is 725. The standard InChI is InChI=1S/C19H21Cl2NO3S/c1-13(10-25-16-6-4-15(24-2)5-7-16)22-19(23)12-26-11-14-3-8-17(20)18(21)9-14/h3-9,13H,10-12H2,1-2H3,(H,22,23)/t13-/m0/s1. The summed E-state index contributed by atoms with van der Waals surface area (Å²) < 4.78 is 10.8. The van der Waals surface area contributed by atoms with Crippen LogP contribution in [0.1, 0.15) is 12.5 Å². The van der Waals surface area contributed by atoms with Gasteiger partial charge in [-0.2, -0.15) is 0 Å². The molecular weight excluding hydrogens is 393 g/mol. The lowest BCUT2D eigenvalue weighted by Gasteiger charge is -2.15. The molecule has 2 aromatic rings. The molecule has 2 rings (SSSR count). The van der Waals surface area contributed by atoms with Crippen molar-refractivity contribution in [1.82, 2.24) is 5.32 Å². The third-order valence-electron chi connectivity index (χ3n) is 3.45. The molecule has 0 saturated carbocycles. The van der Waals surface area contributed by atoms with Crippen molar-refractivity contribution in [3.8, 4) is 11.5 Å². The number of ether oxygens (including phenoxy) is 2. The molecule has 0 heterocycles. The zero-order valence-corrected chi connectivity index (χ0v) is 17.0. The molecule has 140 valence electrons. The van der Waals surface area contributed by atoms with Gasteiger partial charge in [0.15, 0.2) is 0 Å². The number of carbonyl (C=O) groups excluding carboxylic acids is 1. The van der Waals surface area contributed by atoms with Crippen LogP contribution in [0.4, 0.5) is 0 Å². The summed E-state index contributed by atoms with van der Waals surface area (Å²) in [4.78, 5) is 12.0. The molecular formula is C19H21Cl2NO3S. The number of halogens is 2. The molecule has 1 amide bonds. The van der Waals surface area contributed by atoms with Crippen LogP contribution in [0.5, 0.6) is 11.5 Å². The summed E-state index contributed by atoms with van der Waals surface area (Å²) in [6, 6.07) is 12.7. The Hall–Kier alpha value is -1.56. The second-order valence-electron chi connectivity index (χ2n) is 5.70. The highest BCUT2D eigenvalue weighted by Crippen LogP contribution is 2.24. The average Bonchev–Trinajstić information content (AvgIpc) is 2.63. The van der Waals surface area contributed by atoms with Crippen LogP contribution in [-0.4, -0.2) is 31.4 Å². The molecule has 0 bridgehead atoms. The fourth-order valence-electron chi connectivity index (χ4n) is 2.14. The molecule has 0 aliphatic rings. The summed E-state index contributed by atoms with van der Waals surface area (Å²) in [7, 11) is 1.62. The number of carbonyl (C=O) groups is 1.